The van der Waals surface area contributed by atoms with E-state index in [1.54, 1.807) is 12.4 Å². The minimum Gasteiger partial charge on any atom is -0.490 e. The lowest BCUT2D eigenvalue weighted by Gasteiger charge is -2.12. The van der Waals surface area contributed by atoms with Crippen molar-refractivity contribution < 1.29 is 4.74 Å². The molecule has 0 aliphatic rings. The van der Waals surface area contributed by atoms with Gasteiger partial charge in [0.2, 0.25) is 0 Å². The SMILES string of the molecule is CCNC(=NCc1ccc(C)cc1C)NCCOc1cccnc1. The maximum Gasteiger partial charge on any atom is 0.191 e. The van der Waals surface area contributed by atoms with Crippen LogP contribution in [0.5, 0.6) is 5.75 Å². The Labute approximate surface area is 144 Å². The van der Waals surface area contributed by atoms with Crippen molar-refractivity contribution >= 4 is 5.96 Å². The summed E-state index contributed by atoms with van der Waals surface area (Å²) in [5.41, 5.74) is 3.79. The van der Waals surface area contributed by atoms with Crippen LogP contribution < -0.4 is 15.4 Å². The summed E-state index contributed by atoms with van der Waals surface area (Å²) in [6.07, 6.45) is 3.44. The van der Waals surface area contributed by atoms with E-state index in [0.717, 1.165) is 18.3 Å². The third-order valence-electron chi connectivity index (χ3n) is 3.55. The zero-order valence-electron chi connectivity index (χ0n) is 14.7. The van der Waals surface area contributed by atoms with E-state index in [1.807, 2.05) is 12.1 Å². The van der Waals surface area contributed by atoms with Crippen LogP contribution in [0.1, 0.15) is 23.6 Å². The van der Waals surface area contributed by atoms with Crippen molar-refractivity contribution in [3.05, 3.63) is 59.4 Å². The second-order valence-electron chi connectivity index (χ2n) is 5.59. The monoisotopic (exact) mass is 326 g/mol. The van der Waals surface area contributed by atoms with E-state index in [9.17, 15) is 0 Å². The van der Waals surface area contributed by atoms with Gasteiger partial charge in [0.1, 0.15) is 12.4 Å². The predicted octanol–water partition coefficient (Wildman–Crippen LogP) is 2.83. The van der Waals surface area contributed by atoms with Crippen LogP contribution in [0.2, 0.25) is 0 Å². The second-order valence-corrected chi connectivity index (χ2v) is 5.59. The molecule has 1 aromatic heterocycles. The summed E-state index contributed by atoms with van der Waals surface area (Å²) < 4.78 is 5.62. The minimum atomic E-state index is 0.555. The molecule has 0 radical (unpaired) electrons. The summed E-state index contributed by atoms with van der Waals surface area (Å²) in [5, 5.41) is 6.54. The molecule has 0 saturated carbocycles. The quantitative estimate of drug-likeness (QED) is 0.467. The van der Waals surface area contributed by atoms with Gasteiger partial charge in [0, 0.05) is 12.7 Å². The molecule has 0 bridgehead atoms. The highest BCUT2D eigenvalue weighted by atomic mass is 16.5. The van der Waals surface area contributed by atoms with Crippen LogP contribution in [0.4, 0.5) is 0 Å². The fraction of sp³-hybridized carbons (Fsp3) is 0.368. The summed E-state index contributed by atoms with van der Waals surface area (Å²) in [5.74, 6) is 1.57. The van der Waals surface area contributed by atoms with Gasteiger partial charge in [0.25, 0.3) is 0 Å². The molecule has 2 aromatic rings. The van der Waals surface area contributed by atoms with Gasteiger partial charge in [-0.05, 0) is 44.0 Å². The van der Waals surface area contributed by atoms with Gasteiger partial charge in [-0.15, -0.1) is 0 Å². The molecule has 2 rings (SSSR count). The van der Waals surface area contributed by atoms with E-state index in [2.05, 4.69) is 59.6 Å². The number of rotatable bonds is 7. The minimum absolute atomic E-state index is 0.555. The molecule has 0 aliphatic heterocycles. The van der Waals surface area contributed by atoms with Gasteiger partial charge in [0.15, 0.2) is 5.96 Å². The van der Waals surface area contributed by atoms with E-state index < -0.39 is 0 Å². The molecule has 0 saturated heterocycles. The standard InChI is InChI=1S/C19H26N4O/c1-4-21-19(22-10-11-24-18-6-5-9-20-14-18)23-13-17-8-7-15(2)12-16(17)3/h5-9,12,14H,4,10-11,13H2,1-3H3,(H2,21,22,23). The highest BCUT2D eigenvalue weighted by Crippen LogP contribution is 2.11. The highest BCUT2D eigenvalue weighted by molar-refractivity contribution is 5.79. The molecule has 0 atom stereocenters. The Kier molecular flexibility index (Phi) is 7.08. The van der Waals surface area contributed by atoms with E-state index in [1.165, 1.54) is 16.7 Å². The van der Waals surface area contributed by atoms with Crippen molar-refractivity contribution in [1.82, 2.24) is 15.6 Å². The number of benzene rings is 1. The number of pyridine rings is 1. The topological polar surface area (TPSA) is 58.5 Å². The van der Waals surface area contributed by atoms with Crippen LogP contribution in [0.25, 0.3) is 0 Å². The number of aryl methyl sites for hydroxylation is 2. The Morgan fingerprint density at radius 3 is 2.79 bits per heavy atom. The molecule has 1 heterocycles. The smallest absolute Gasteiger partial charge is 0.191 e. The number of hydrogen-bond acceptors (Lipinski definition) is 3. The van der Waals surface area contributed by atoms with Gasteiger partial charge in [0.05, 0.1) is 19.3 Å². The average molecular weight is 326 g/mol. The van der Waals surface area contributed by atoms with Gasteiger partial charge >= 0.3 is 0 Å². The first-order valence-corrected chi connectivity index (χ1v) is 8.30. The van der Waals surface area contributed by atoms with Gasteiger partial charge in [-0.1, -0.05) is 23.8 Å². The van der Waals surface area contributed by atoms with Gasteiger partial charge in [-0.2, -0.15) is 0 Å². The van der Waals surface area contributed by atoms with Crippen LogP contribution >= 0.6 is 0 Å². The van der Waals surface area contributed by atoms with E-state index >= 15 is 0 Å². The molecule has 5 nitrogen and oxygen atoms in total. The van der Waals surface area contributed by atoms with Crippen molar-refractivity contribution in [3.63, 3.8) is 0 Å². The average Bonchev–Trinajstić information content (AvgIpc) is 2.58. The van der Waals surface area contributed by atoms with Gasteiger partial charge in [-0.3, -0.25) is 4.98 Å². The van der Waals surface area contributed by atoms with Crippen LogP contribution in [0.3, 0.4) is 0 Å². The number of nitrogens with zero attached hydrogens (tertiary/aromatic N) is 2. The Morgan fingerprint density at radius 1 is 1.21 bits per heavy atom. The first-order valence-electron chi connectivity index (χ1n) is 8.30. The summed E-state index contributed by atoms with van der Waals surface area (Å²) in [6.45, 7) is 8.99. The fourth-order valence-corrected chi connectivity index (χ4v) is 2.30. The number of hydrogen-bond donors (Lipinski definition) is 2. The maximum atomic E-state index is 5.62. The lowest BCUT2D eigenvalue weighted by Crippen LogP contribution is -2.39. The van der Waals surface area contributed by atoms with Crippen molar-refractivity contribution in [2.45, 2.75) is 27.3 Å². The number of ether oxygens (including phenoxy) is 1. The lowest BCUT2D eigenvalue weighted by atomic mass is 10.1. The summed E-state index contributed by atoms with van der Waals surface area (Å²) >= 11 is 0. The number of aliphatic imine (C=N–C) groups is 1. The first-order chi connectivity index (χ1) is 11.7. The van der Waals surface area contributed by atoms with Crippen LogP contribution in [0, 0.1) is 13.8 Å². The summed E-state index contributed by atoms with van der Waals surface area (Å²) in [6, 6.07) is 10.2. The molecular formula is C19H26N4O. The normalized spacial score (nSPS) is 11.2. The molecule has 5 heteroatoms. The van der Waals surface area contributed by atoms with Crippen LogP contribution in [0.15, 0.2) is 47.7 Å². The molecule has 1 aromatic carbocycles. The number of nitrogens with one attached hydrogen (secondary N) is 2. The Morgan fingerprint density at radius 2 is 2.08 bits per heavy atom. The van der Waals surface area contributed by atoms with Crippen LogP contribution in [-0.2, 0) is 6.54 Å². The van der Waals surface area contributed by atoms with Crippen molar-refractivity contribution in [2.24, 2.45) is 4.99 Å². The largest absolute Gasteiger partial charge is 0.490 e. The van der Waals surface area contributed by atoms with Gasteiger partial charge < -0.3 is 15.4 Å². The zero-order chi connectivity index (χ0) is 17.2. The molecule has 2 N–H and O–H groups in total. The Bertz CT molecular complexity index is 656. The Hall–Kier alpha value is -2.56. The molecule has 0 unspecified atom stereocenters. The molecular weight excluding hydrogens is 300 g/mol. The van der Waals surface area contributed by atoms with E-state index in [4.69, 9.17) is 4.74 Å². The third-order valence-corrected chi connectivity index (χ3v) is 3.55. The Balaban J connectivity index is 1.84. The first kappa shape index (κ1) is 17.8. The molecule has 0 aliphatic carbocycles. The predicted molar refractivity (Wildman–Crippen MR) is 98.5 cm³/mol. The van der Waals surface area contributed by atoms with E-state index in [0.29, 0.717) is 19.7 Å². The zero-order valence-corrected chi connectivity index (χ0v) is 14.7. The number of aromatic nitrogens is 1. The highest BCUT2D eigenvalue weighted by Gasteiger charge is 2.01. The van der Waals surface area contributed by atoms with Crippen molar-refractivity contribution in [3.8, 4) is 5.75 Å². The van der Waals surface area contributed by atoms with Crippen molar-refractivity contribution in [2.75, 3.05) is 19.7 Å². The lowest BCUT2D eigenvalue weighted by molar-refractivity contribution is 0.320. The fourth-order valence-electron chi connectivity index (χ4n) is 2.30. The molecule has 24 heavy (non-hydrogen) atoms. The number of guanidine groups is 1. The molecule has 0 spiro atoms. The summed E-state index contributed by atoms with van der Waals surface area (Å²) in [7, 11) is 0. The summed E-state index contributed by atoms with van der Waals surface area (Å²) in [4.78, 5) is 8.67. The molecule has 0 amide bonds. The maximum absolute atomic E-state index is 5.62. The van der Waals surface area contributed by atoms with Crippen molar-refractivity contribution in [1.29, 1.82) is 0 Å². The van der Waals surface area contributed by atoms with Crippen LogP contribution in [-0.4, -0.2) is 30.6 Å². The molecule has 128 valence electrons. The van der Waals surface area contributed by atoms with Gasteiger partial charge in [-0.25, -0.2) is 4.99 Å². The van der Waals surface area contributed by atoms with E-state index in [-0.39, 0.29) is 0 Å². The second kappa shape index (κ2) is 9.55. The third kappa shape index (κ3) is 5.91. The molecule has 0 fully saturated rings.